The van der Waals surface area contributed by atoms with Crippen molar-refractivity contribution in [2.75, 3.05) is 18.5 Å². The Hall–Kier alpha value is -1.95. The fraction of sp³-hybridized carbons (Fsp3) is 0.500. The molecule has 2 aromatic rings. The Morgan fingerprint density at radius 1 is 1.25 bits per heavy atom. The smallest absolute Gasteiger partial charge is 0.148 e. The van der Waals surface area contributed by atoms with E-state index < -0.39 is 0 Å². The van der Waals surface area contributed by atoms with Crippen molar-refractivity contribution in [3.63, 3.8) is 0 Å². The lowest BCUT2D eigenvalue weighted by Gasteiger charge is -2.08. The van der Waals surface area contributed by atoms with Crippen LogP contribution in [-0.2, 0) is 11.8 Å². The molecule has 2 rings (SSSR count). The highest BCUT2D eigenvalue weighted by Gasteiger charge is 2.04. The average Bonchev–Trinajstić information content (AvgIpc) is 2.85. The first-order valence-corrected chi connectivity index (χ1v) is 6.84. The maximum Gasteiger partial charge on any atom is 0.148 e. The van der Waals surface area contributed by atoms with Crippen LogP contribution in [0.3, 0.4) is 0 Å². The molecule has 2 aromatic heterocycles. The standard InChI is InChI=1S/C14H21N5O/c1-11(2)20-10-4-8-15-14-6-5-12(17-18-14)13-7-9-16-19(13)3/h5-7,9,11H,4,8,10H2,1-3H3,(H,15,18). The van der Waals surface area contributed by atoms with E-state index in [0.29, 0.717) is 0 Å². The van der Waals surface area contributed by atoms with Gasteiger partial charge in [-0.25, -0.2) is 0 Å². The maximum atomic E-state index is 5.48. The molecule has 0 aliphatic heterocycles. The number of nitrogens with one attached hydrogen (secondary N) is 1. The lowest BCUT2D eigenvalue weighted by molar-refractivity contribution is 0.0787. The number of hydrogen-bond donors (Lipinski definition) is 1. The Labute approximate surface area is 119 Å². The van der Waals surface area contributed by atoms with Crippen LogP contribution in [0.15, 0.2) is 24.4 Å². The van der Waals surface area contributed by atoms with Gasteiger partial charge in [-0.3, -0.25) is 4.68 Å². The summed E-state index contributed by atoms with van der Waals surface area (Å²) in [5, 5.41) is 15.7. The topological polar surface area (TPSA) is 64.9 Å². The molecule has 0 amide bonds. The number of rotatable bonds is 7. The minimum absolute atomic E-state index is 0.285. The lowest BCUT2D eigenvalue weighted by Crippen LogP contribution is -2.10. The normalized spacial score (nSPS) is 11.0. The second-order valence-electron chi connectivity index (χ2n) is 4.84. The van der Waals surface area contributed by atoms with Gasteiger partial charge in [0.1, 0.15) is 11.5 Å². The molecule has 6 nitrogen and oxygen atoms in total. The van der Waals surface area contributed by atoms with Crippen LogP contribution in [0.1, 0.15) is 20.3 Å². The van der Waals surface area contributed by atoms with Crippen LogP contribution in [0.2, 0.25) is 0 Å². The number of hydrogen-bond acceptors (Lipinski definition) is 5. The van der Waals surface area contributed by atoms with E-state index >= 15 is 0 Å². The van der Waals surface area contributed by atoms with Crippen LogP contribution in [0.5, 0.6) is 0 Å². The van der Waals surface area contributed by atoms with Gasteiger partial charge in [-0.2, -0.15) is 5.10 Å². The average molecular weight is 275 g/mol. The van der Waals surface area contributed by atoms with Gasteiger partial charge in [0.2, 0.25) is 0 Å². The second kappa shape index (κ2) is 7.00. The highest BCUT2D eigenvalue weighted by atomic mass is 16.5. The van der Waals surface area contributed by atoms with Crippen LogP contribution in [0.25, 0.3) is 11.4 Å². The first-order chi connectivity index (χ1) is 9.66. The molecule has 0 aliphatic rings. The van der Waals surface area contributed by atoms with E-state index in [9.17, 15) is 0 Å². The zero-order valence-electron chi connectivity index (χ0n) is 12.2. The minimum Gasteiger partial charge on any atom is -0.379 e. The molecular weight excluding hydrogens is 254 g/mol. The van der Waals surface area contributed by atoms with Gasteiger partial charge in [-0.05, 0) is 38.5 Å². The molecule has 0 unspecified atom stereocenters. The largest absolute Gasteiger partial charge is 0.379 e. The van der Waals surface area contributed by atoms with Gasteiger partial charge in [-0.15, -0.1) is 10.2 Å². The molecular formula is C14H21N5O. The monoisotopic (exact) mass is 275 g/mol. The second-order valence-corrected chi connectivity index (χ2v) is 4.84. The number of nitrogens with zero attached hydrogens (tertiary/aromatic N) is 4. The molecule has 0 spiro atoms. The molecule has 1 N–H and O–H groups in total. The van der Waals surface area contributed by atoms with Gasteiger partial charge in [0, 0.05) is 26.4 Å². The summed E-state index contributed by atoms with van der Waals surface area (Å²) in [5.41, 5.74) is 1.77. The highest BCUT2D eigenvalue weighted by Crippen LogP contribution is 2.15. The first-order valence-electron chi connectivity index (χ1n) is 6.84. The Morgan fingerprint density at radius 2 is 2.10 bits per heavy atom. The van der Waals surface area contributed by atoms with Crippen LogP contribution in [0.4, 0.5) is 5.82 Å². The molecule has 20 heavy (non-hydrogen) atoms. The van der Waals surface area contributed by atoms with E-state index in [2.05, 4.69) is 20.6 Å². The molecule has 0 aromatic carbocycles. The minimum atomic E-state index is 0.285. The SMILES string of the molecule is CC(C)OCCCNc1ccc(-c2ccnn2C)nn1. The number of ether oxygens (including phenoxy) is 1. The van der Waals surface area contributed by atoms with Gasteiger partial charge in [0.15, 0.2) is 0 Å². The third kappa shape index (κ3) is 4.03. The number of anilines is 1. The van der Waals surface area contributed by atoms with E-state index in [1.54, 1.807) is 10.9 Å². The Kier molecular flexibility index (Phi) is 5.06. The summed E-state index contributed by atoms with van der Waals surface area (Å²) in [4.78, 5) is 0. The summed E-state index contributed by atoms with van der Waals surface area (Å²) in [5.74, 6) is 0.778. The first kappa shape index (κ1) is 14.5. The van der Waals surface area contributed by atoms with Crippen LogP contribution < -0.4 is 5.32 Å². The molecule has 0 saturated carbocycles. The zero-order chi connectivity index (χ0) is 14.4. The predicted molar refractivity (Wildman–Crippen MR) is 78.4 cm³/mol. The summed E-state index contributed by atoms with van der Waals surface area (Å²) in [6.45, 7) is 5.66. The van der Waals surface area contributed by atoms with Crippen molar-refractivity contribution in [1.29, 1.82) is 0 Å². The fourth-order valence-electron chi connectivity index (χ4n) is 1.80. The van der Waals surface area contributed by atoms with E-state index in [1.165, 1.54) is 0 Å². The molecule has 0 bridgehead atoms. The van der Waals surface area contributed by atoms with E-state index in [0.717, 1.165) is 36.8 Å². The predicted octanol–water partition coefficient (Wildman–Crippen LogP) is 2.10. The third-order valence-corrected chi connectivity index (χ3v) is 2.83. The Bertz CT molecular complexity index is 521. The third-order valence-electron chi connectivity index (χ3n) is 2.83. The van der Waals surface area contributed by atoms with E-state index in [-0.39, 0.29) is 6.10 Å². The summed E-state index contributed by atoms with van der Waals surface area (Å²) in [7, 11) is 1.89. The van der Waals surface area contributed by atoms with Gasteiger partial charge in [-0.1, -0.05) is 0 Å². The molecule has 0 atom stereocenters. The van der Waals surface area contributed by atoms with Crippen LogP contribution in [-0.4, -0.2) is 39.2 Å². The molecule has 2 heterocycles. The summed E-state index contributed by atoms with van der Waals surface area (Å²) in [6.07, 6.45) is 2.98. The van der Waals surface area contributed by atoms with Gasteiger partial charge >= 0.3 is 0 Å². The van der Waals surface area contributed by atoms with Gasteiger partial charge in [0.05, 0.1) is 11.8 Å². The summed E-state index contributed by atoms with van der Waals surface area (Å²) in [6, 6.07) is 5.79. The van der Waals surface area contributed by atoms with Crippen molar-refractivity contribution < 1.29 is 4.74 Å². The van der Waals surface area contributed by atoms with Crippen LogP contribution >= 0.6 is 0 Å². The lowest BCUT2D eigenvalue weighted by atomic mass is 10.3. The molecule has 108 valence electrons. The van der Waals surface area contributed by atoms with Gasteiger partial charge in [0.25, 0.3) is 0 Å². The number of aryl methyl sites for hydroxylation is 1. The molecule has 0 aliphatic carbocycles. The van der Waals surface area contributed by atoms with Crippen molar-refractivity contribution in [2.45, 2.75) is 26.4 Å². The van der Waals surface area contributed by atoms with E-state index in [1.807, 2.05) is 39.1 Å². The summed E-state index contributed by atoms with van der Waals surface area (Å²) < 4.78 is 7.25. The number of aromatic nitrogens is 4. The highest BCUT2D eigenvalue weighted by molar-refractivity contribution is 5.54. The fourth-order valence-corrected chi connectivity index (χ4v) is 1.80. The van der Waals surface area contributed by atoms with Crippen molar-refractivity contribution in [1.82, 2.24) is 20.0 Å². The molecule has 6 heteroatoms. The van der Waals surface area contributed by atoms with Crippen molar-refractivity contribution in [3.8, 4) is 11.4 Å². The Balaban J connectivity index is 1.82. The van der Waals surface area contributed by atoms with E-state index in [4.69, 9.17) is 4.74 Å². The molecule has 0 radical (unpaired) electrons. The van der Waals surface area contributed by atoms with Crippen molar-refractivity contribution >= 4 is 5.82 Å². The zero-order valence-corrected chi connectivity index (χ0v) is 12.2. The Morgan fingerprint density at radius 3 is 2.70 bits per heavy atom. The molecule has 0 fully saturated rings. The maximum absolute atomic E-state index is 5.48. The van der Waals surface area contributed by atoms with Crippen molar-refractivity contribution in [3.05, 3.63) is 24.4 Å². The van der Waals surface area contributed by atoms with Crippen LogP contribution in [0, 0.1) is 0 Å². The summed E-state index contributed by atoms with van der Waals surface area (Å²) >= 11 is 0. The van der Waals surface area contributed by atoms with Crippen molar-refractivity contribution in [2.24, 2.45) is 7.05 Å². The van der Waals surface area contributed by atoms with Gasteiger partial charge < -0.3 is 10.1 Å². The quantitative estimate of drug-likeness (QED) is 0.784. The molecule has 0 saturated heterocycles.